The van der Waals surface area contributed by atoms with E-state index in [1.807, 2.05) is 49.2 Å². The third-order valence-corrected chi connectivity index (χ3v) is 5.88. The number of fused-ring (bicyclic) bond motifs is 2. The van der Waals surface area contributed by atoms with Crippen molar-refractivity contribution < 1.29 is 14.3 Å². The molecule has 1 N–H and O–H groups in total. The minimum atomic E-state index is -0.357. The number of nitrogens with one attached hydrogen (secondary N) is 1. The van der Waals surface area contributed by atoms with Gasteiger partial charge in [0.05, 0.1) is 18.4 Å². The van der Waals surface area contributed by atoms with E-state index < -0.39 is 0 Å². The summed E-state index contributed by atoms with van der Waals surface area (Å²) < 4.78 is 4.84. The maximum Gasteiger partial charge on any atom is 0.348 e. The Hall–Kier alpha value is -2.93. The number of anilines is 1. The molecule has 3 aromatic rings. The predicted molar refractivity (Wildman–Crippen MR) is 101 cm³/mol. The Balaban J connectivity index is 1.79. The molecule has 0 spiro atoms. The van der Waals surface area contributed by atoms with Crippen LogP contribution in [0.5, 0.6) is 0 Å². The molecular formula is C19H17N3O3S. The number of benzene rings is 1. The lowest BCUT2D eigenvalue weighted by Gasteiger charge is -2.36. The summed E-state index contributed by atoms with van der Waals surface area (Å²) in [4.78, 5) is 32.2. The topological polar surface area (TPSA) is 71.5 Å². The summed E-state index contributed by atoms with van der Waals surface area (Å²) in [5.74, 6) is -0.467. The average Bonchev–Trinajstić information content (AvgIpc) is 3.00. The molecule has 2 aromatic heterocycles. The Morgan fingerprint density at radius 1 is 1.35 bits per heavy atom. The fourth-order valence-electron chi connectivity index (χ4n) is 3.27. The number of pyridine rings is 1. The molecule has 3 heterocycles. The van der Waals surface area contributed by atoms with E-state index in [-0.39, 0.29) is 18.0 Å². The largest absolute Gasteiger partial charge is 0.465 e. The molecule has 132 valence electrons. The van der Waals surface area contributed by atoms with Crippen LogP contribution in [0.2, 0.25) is 0 Å². The minimum Gasteiger partial charge on any atom is -0.465 e. The van der Waals surface area contributed by atoms with Gasteiger partial charge in [-0.1, -0.05) is 12.1 Å². The number of ether oxygens (including phenoxy) is 1. The van der Waals surface area contributed by atoms with Crippen LogP contribution < -0.4 is 10.2 Å². The fraction of sp³-hybridized carbons (Fsp3) is 0.211. The summed E-state index contributed by atoms with van der Waals surface area (Å²) in [6.45, 7) is 1.88. The monoisotopic (exact) mass is 367 g/mol. The number of para-hydroxylation sites is 1. The van der Waals surface area contributed by atoms with Crippen LogP contribution >= 0.6 is 11.3 Å². The van der Waals surface area contributed by atoms with Gasteiger partial charge in [-0.3, -0.25) is 4.79 Å². The Bertz CT molecular complexity index is 1040. The van der Waals surface area contributed by atoms with Crippen molar-refractivity contribution in [3.8, 4) is 0 Å². The van der Waals surface area contributed by atoms with E-state index in [0.717, 1.165) is 27.0 Å². The SMILES string of the molecule is COC(=O)c1sc2ncc([C@H]3NC(=O)c4ccccc4N3C)cc2c1C. The van der Waals surface area contributed by atoms with Crippen LogP contribution in [0.25, 0.3) is 10.2 Å². The van der Waals surface area contributed by atoms with E-state index in [4.69, 9.17) is 4.74 Å². The molecule has 4 rings (SSSR count). The second kappa shape index (κ2) is 6.10. The highest BCUT2D eigenvalue weighted by Crippen LogP contribution is 2.35. The van der Waals surface area contributed by atoms with Crippen LogP contribution in [-0.2, 0) is 4.74 Å². The van der Waals surface area contributed by atoms with Crippen molar-refractivity contribution in [3.05, 3.63) is 58.1 Å². The highest BCUT2D eigenvalue weighted by molar-refractivity contribution is 7.20. The van der Waals surface area contributed by atoms with Gasteiger partial charge in [0.1, 0.15) is 15.9 Å². The van der Waals surface area contributed by atoms with Gasteiger partial charge in [0, 0.05) is 24.2 Å². The van der Waals surface area contributed by atoms with E-state index >= 15 is 0 Å². The van der Waals surface area contributed by atoms with Gasteiger partial charge in [0.2, 0.25) is 0 Å². The molecule has 0 fully saturated rings. The number of carbonyl (C=O) groups is 2. The quantitative estimate of drug-likeness (QED) is 0.704. The lowest BCUT2D eigenvalue weighted by Crippen LogP contribution is -2.44. The van der Waals surface area contributed by atoms with E-state index in [9.17, 15) is 9.59 Å². The number of esters is 1. The van der Waals surface area contributed by atoms with Gasteiger partial charge < -0.3 is 15.0 Å². The molecule has 7 heteroatoms. The van der Waals surface area contributed by atoms with E-state index in [0.29, 0.717) is 10.4 Å². The number of hydrogen-bond donors (Lipinski definition) is 1. The summed E-state index contributed by atoms with van der Waals surface area (Å²) in [6.07, 6.45) is 1.42. The number of rotatable bonds is 2. The van der Waals surface area contributed by atoms with Gasteiger partial charge >= 0.3 is 5.97 Å². The van der Waals surface area contributed by atoms with E-state index in [2.05, 4.69) is 10.3 Å². The Kier molecular flexibility index (Phi) is 3.88. The molecule has 1 aromatic carbocycles. The molecule has 0 radical (unpaired) electrons. The van der Waals surface area contributed by atoms with Gasteiger partial charge in [0.25, 0.3) is 5.91 Å². The molecule has 0 saturated carbocycles. The third kappa shape index (κ3) is 2.43. The van der Waals surface area contributed by atoms with Crippen molar-refractivity contribution in [1.82, 2.24) is 10.3 Å². The van der Waals surface area contributed by atoms with Crippen molar-refractivity contribution in [2.24, 2.45) is 0 Å². The summed E-state index contributed by atoms with van der Waals surface area (Å²) in [6, 6.07) is 9.49. The maximum absolute atomic E-state index is 12.5. The number of thiophene rings is 1. The van der Waals surface area contributed by atoms with Gasteiger partial charge in [-0.05, 0) is 30.7 Å². The first-order valence-corrected chi connectivity index (χ1v) is 8.93. The zero-order chi connectivity index (χ0) is 18.4. The van der Waals surface area contributed by atoms with Crippen molar-refractivity contribution in [3.63, 3.8) is 0 Å². The average molecular weight is 367 g/mol. The number of methoxy groups -OCH3 is 1. The van der Waals surface area contributed by atoms with Crippen molar-refractivity contribution in [2.45, 2.75) is 13.1 Å². The lowest BCUT2D eigenvalue weighted by molar-refractivity contribution is 0.0605. The molecule has 1 aliphatic heterocycles. The Labute approximate surface area is 154 Å². The maximum atomic E-state index is 12.5. The number of nitrogens with zero attached hydrogens (tertiary/aromatic N) is 2. The summed E-state index contributed by atoms with van der Waals surface area (Å²) in [7, 11) is 3.31. The van der Waals surface area contributed by atoms with E-state index in [1.54, 1.807) is 6.20 Å². The standard InChI is InChI=1S/C19H17N3O3S/c1-10-13-8-11(9-20-18(13)26-15(10)19(24)25-3)16-21-17(23)12-6-4-5-7-14(12)22(16)2/h4-9,16H,1-3H3,(H,21,23)/t16-/m0/s1. The molecule has 1 atom stereocenters. The molecular weight excluding hydrogens is 350 g/mol. The first-order chi connectivity index (χ1) is 12.5. The molecule has 0 saturated heterocycles. The normalized spacial score (nSPS) is 16.3. The molecule has 0 bridgehead atoms. The van der Waals surface area contributed by atoms with Crippen LogP contribution in [0.1, 0.15) is 37.3 Å². The summed E-state index contributed by atoms with van der Waals surface area (Å²) in [5, 5.41) is 3.92. The van der Waals surface area contributed by atoms with Gasteiger partial charge in [-0.25, -0.2) is 9.78 Å². The number of aryl methyl sites for hydroxylation is 1. The molecule has 0 aliphatic carbocycles. The minimum absolute atomic E-state index is 0.110. The van der Waals surface area contributed by atoms with Crippen LogP contribution in [0.3, 0.4) is 0 Å². The predicted octanol–water partition coefficient (Wildman–Crippen LogP) is 3.27. The third-order valence-electron chi connectivity index (χ3n) is 4.69. The van der Waals surface area contributed by atoms with Crippen LogP contribution in [0, 0.1) is 6.92 Å². The van der Waals surface area contributed by atoms with Gasteiger partial charge in [-0.2, -0.15) is 0 Å². The van der Waals surface area contributed by atoms with Crippen molar-refractivity contribution >= 4 is 39.1 Å². The van der Waals surface area contributed by atoms with E-state index in [1.165, 1.54) is 18.4 Å². The first kappa shape index (κ1) is 16.5. The number of hydrogen-bond acceptors (Lipinski definition) is 6. The fourth-order valence-corrected chi connectivity index (χ4v) is 4.32. The Morgan fingerprint density at radius 2 is 2.12 bits per heavy atom. The summed E-state index contributed by atoms with van der Waals surface area (Å²) in [5.41, 5.74) is 3.23. The number of carbonyl (C=O) groups excluding carboxylic acids is 2. The zero-order valence-electron chi connectivity index (χ0n) is 14.6. The van der Waals surface area contributed by atoms with Crippen molar-refractivity contribution in [1.29, 1.82) is 0 Å². The molecule has 0 unspecified atom stereocenters. The highest BCUT2D eigenvalue weighted by Gasteiger charge is 2.30. The zero-order valence-corrected chi connectivity index (χ0v) is 15.4. The van der Waals surface area contributed by atoms with Crippen LogP contribution in [0.15, 0.2) is 36.5 Å². The first-order valence-electron chi connectivity index (χ1n) is 8.11. The van der Waals surface area contributed by atoms with Crippen LogP contribution in [-0.4, -0.2) is 31.0 Å². The molecule has 1 aliphatic rings. The molecule has 26 heavy (non-hydrogen) atoms. The second-order valence-electron chi connectivity index (χ2n) is 6.17. The smallest absolute Gasteiger partial charge is 0.348 e. The Morgan fingerprint density at radius 3 is 2.88 bits per heavy atom. The van der Waals surface area contributed by atoms with Gasteiger partial charge in [0.15, 0.2) is 0 Å². The number of aromatic nitrogens is 1. The lowest BCUT2D eigenvalue weighted by atomic mass is 10.0. The summed E-state index contributed by atoms with van der Waals surface area (Å²) >= 11 is 1.32. The number of amides is 1. The highest BCUT2D eigenvalue weighted by atomic mass is 32.1. The molecule has 1 amide bonds. The molecule has 6 nitrogen and oxygen atoms in total. The second-order valence-corrected chi connectivity index (χ2v) is 7.17. The van der Waals surface area contributed by atoms with Crippen molar-refractivity contribution in [2.75, 3.05) is 19.1 Å². The van der Waals surface area contributed by atoms with Gasteiger partial charge in [-0.15, -0.1) is 11.3 Å². The van der Waals surface area contributed by atoms with Crippen LogP contribution in [0.4, 0.5) is 5.69 Å².